The summed E-state index contributed by atoms with van der Waals surface area (Å²) in [4.78, 5) is 0. The van der Waals surface area contributed by atoms with Crippen molar-refractivity contribution in [3.63, 3.8) is 0 Å². The van der Waals surface area contributed by atoms with Crippen LogP contribution in [0.25, 0.3) is 0 Å². The minimum atomic E-state index is -0.719. The molecule has 0 bridgehead atoms. The highest BCUT2D eigenvalue weighted by molar-refractivity contribution is 7.85. The van der Waals surface area contributed by atoms with Gasteiger partial charge in [-0.25, -0.2) is 0 Å². The lowest BCUT2D eigenvalue weighted by atomic mass is 10.0. The smallest absolute Gasteiger partial charge is 0.0510 e. The van der Waals surface area contributed by atoms with Crippen LogP contribution in [-0.2, 0) is 15.5 Å². The van der Waals surface area contributed by atoms with E-state index in [1.807, 2.05) is 13.8 Å². The van der Waals surface area contributed by atoms with Crippen molar-refractivity contribution in [1.29, 1.82) is 0 Å². The van der Waals surface area contributed by atoms with Gasteiger partial charge in [0.2, 0.25) is 0 Å². The Morgan fingerprint density at radius 2 is 2.25 bits per heavy atom. The molecule has 1 fully saturated rings. The molecule has 0 aromatic heterocycles. The van der Waals surface area contributed by atoms with Gasteiger partial charge in [0.25, 0.3) is 0 Å². The van der Waals surface area contributed by atoms with Gasteiger partial charge in [-0.3, -0.25) is 4.21 Å². The summed E-state index contributed by atoms with van der Waals surface area (Å²) in [6, 6.07) is 0.366. The predicted molar refractivity (Wildman–Crippen MR) is 69.2 cm³/mol. The van der Waals surface area contributed by atoms with Crippen molar-refractivity contribution in [3.8, 4) is 0 Å². The van der Waals surface area contributed by atoms with Crippen LogP contribution in [0, 0.1) is 5.92 Å². The summed E-state index contributed by atoms with van der Waals surface area (Å²) >= 11 is 0. The van der Waals surface area contributed by atoms with Crippen LogP contribution < -0.4 is 5.32 Å². The van der Waals surface area contributed by atoms with Crippen LogP contribution in [0.4, 0.5) is 0 Å². The Bertz CT molecular complexity index is 215. The summed E-state index contributed by atoms with van der Waals surface area (Å²) in [5.41, 5.74) is 0. The van der Waals surface area contributed by atoms with E-state index in [-0.39, 0.29) is 5.25 Å². The molecule has 3 unspecified atom stereocenters. The molecule has 3 nitrogen and oxygen atoms in total. The zero-order chi connectivity index (χ0) is 12.0. The zero-order valence-electron chi connectivity index (χ0n) is 10.7. The molecule has 0 radical (unpaired) electrons. The second-order valence-corrected chi connectivity index (χ2v) is 6.82. The van der Waals surface area contributed by atoms with Crippen molar-refractivity contribution in [1.82, 2.24) is 5.32 Å². The van der Waals surface area contributed by atoms with Gasteiger partial charge < -0.3 is 10.1 Å². The van der Waals surface area contributed by atoms with Crippen LogP contribution in [-0.4, -0.2) is 41.0 Å². The molecule has 0 spiro atoms. The first kappa shape index (κ1) is 14.1. The lowest BCUT2D eigenvalue weighted by Gasteiger charge is -2.24. The second-order valence-electron chi connectivity index (χ2n) is 4.78. The van der Waals surface area contributed by atoms with E-state index < -0.39 is 10.8 Å². The largest absolute Gasteiger partial charge is 0.381 e. The highest BCUT2D eigenvalue weighted by Gasteiger charge is 2.27. The molecule has 1 N–H and O–H groups in total. The molecule has 4 heteroatoms. The fourth-order valence-electron chi connectivity index (χ4n) is 1.93. The van der Waals surface area contributed by atoms with Gasteiger partial charge in [0, 0.05) is 40.4 Å². The molecule has 3 atom stereocenters. The normalized spacial score (nSPS) is 24.9. The van der Waals surface area contributed by atoms with Crippen LogP contribution in [0.1, 0.15) is 33.6 Å². The van der Waals surface area contributed by atoms with E-state index in [1.54, 1.807) is 0 Å². The minimum absolute atomic E-state index is 0.258. The van der Waals surface area contributed by atoms with Crippen molar-refractivity contribution < 1.29 is 8.95 Å². The quantitative estimate of drug-likeness (QED) is 0.742. The molecular weight excluding hydrogens is 222 g/mol. The van der Waals surface area contributed by atoms with Crippen molar-refractivity contribution in [2.75, 3.05) is 25.5 Å². The molecule has 0 aliphatic carbocycles. The molecule has 96 valence electrons. The van der Waals surface area contributed by atoms with E-state index in [9.17, 15) is 4.21 Å². The maximum atomic E-state index is 11.9. The third-order valence-electron chi connectivity index (χ3n) is 3.06. The van der Waals surface area contributed by atoms with Gasteiger partial charge in [0.05, 0.1) is 6.61 Å². The van der Waals surface area contributed by atoms with Crippen LogP contribution in [0.3, 0.4) is 0 Å². The van der Waals surface area contributed by atoms with Crippen LogP contribution >= 0.6 is 0 Å². The molecular formula is C12H25NO2S. The number of hydrogen-bond donors (Lipinski definition) is 1. The SMILES string of the molecule is CCCNC(CS(=O)C(C)C)C1CCOC1. The van der Waals surface area contributed by atoms with Crippen LogP contribution in [0.5, 0.6) is 0 Å². The molecule has 0 saturated carbocycles. The van der Waals surface area contributed by atoms with Crippen molar-refractivity contribution in [3.05, 3.63) is 0 Å². The van der Waals surface area contributed by atoms with Crippen molar-refractivity contribution in [2.24, 2.45) is 5.92 Å². The molecule has 16 heavy (non-hydrogen) atoms. The maximum Gasteiger partial charge on any atom is 0.0510 e. The molecule has 1 aliphatic rings. The predicted octanol–water partition coefficient (Wildman–Crippen LogP) is 1.55. The lowest BCUT2D eigenvalue weighted by molar-refractivity contribution is 0.179. The summed E-state index contributed by atoms with van der Waals surface area (Å²) in [7, 11) is -0.719. The molecule has 1 heterocycles. The van der Waals surface area contributed by atoms with Gasteiger partial charge in [-0.1, -0.05) is 20.8 Å². The molecule has 0 amide bonds. The first-order chi connectivity index (χ1) is 7.65. The van der Waals surface area contributed by atoms with E-state index in [0.29, 0.717) is 12.0 Å². The first-order valence-electron chi connectivity index (χ1n) is 6.33. The zero-order valence-corrected chi connectivity index (χ0v) is 11.5. The Morgan fingerprint density at radius 3 is 2.75 bits per heavy atom. The standard InChI is InChI=1S/C12H25NO2S/c1-4-6-13-12(9-16(14)10(2)3)11-5-7-15-8-11/h10-13H,4-9H2,1-3H3. The Hall–Kier alpha value is 0.0700. The van der Waals surface area contributed by atoms with E-state index in [0.717, 1.165) is 38.4 Å². The Labute approximate surface area is 102 Å². The first-order valence-corrected chi connectivity index (χ1v) is 7.71. The van der Waals surface area contributed by atoms with E-state index in [1.165, 1.54) is 0 Å². The van der Waals surface area contributed by atoms with Crippen LogP contribution in [0.2, 0.25) is 0 Å². The highest BCUT2D eigenvalue weighted by atomic mass is 32.2. The third kappa shape index (κ3) is 4.52. The summed E-state index contributed by atoms with van der Waals surface area (Å²) in [5.74, 6) is 1.32. The van der Waals surface area contributed by atoms with Crippen molar-refractivity contribution in [2.45, 2.75) is 44.9 Å². The topological polar surface area (TPSA) is 38.3 Å². The summed E-state index contributed by atoms with van der Waals surface area (Å²) < 4.78 is 17.3. The maximum absolute atomic E-state index is 11.9. The monoisotopic (exact) mass is 247 g/mol. The van der Waals surface area contributed by atoms with Gasteiger partial charge >= 0.3 is 0 Å². The lowest BCUT2D eigenvalue weighted by Crippen LogP contribution is -2.42. The van der Waals surface area contributed by atoms with Gasteiger partial charge in [-0.15, -0.1) is 0 Å². The summed E-state index contributed by atoms with van der Waals surface area (Å²) in [6.45, 7) is 8.92. The Kier molecular flexibility index (Phi) is 6.54. The van der Waals surface area contributed by atoms with Gasteiger partial charge in [0.15, 0.2) is 0 Å². The average molecular weight is 247 g/mol. The molecule has 1 saturated heterocycles. The molecule has 1 aliphatic heterocycles. The molecule has 0 aromatic rings. The molecule has 1 rings (SSSR count). The number of rotatable bonds is 7. The van der Waals surface area contributed by atoms with Gasteiger partial charge in [-0.05, 0) is 19.4 Å². The summed E-state index contributed by atoms with van der Waals surface area (Å²) in [6.07, 6.45) is 2.23. The number of nitrogens with one attached hydrogen (secondary N) is 1. The Morgan fingerprint density at radius 1 is 1.50 bits per heavy atom. The highest BCUT2D eigenvalue weighted by Crippen LogP contribution is 2.18. The van der Waals surface area contributed by atoms with Crippen LogP contribution in [0.15, 0.2) is 0 Å². The van der Waals surface area contributed by atoms with E-state index in [4.69, 9.17) is 4.74 Å². The van der Waals surface area contributed by atoms with E-state index in [2.05, 4.69) is 12.2 Å². The minimum Gasteiger partial charge on any atom is -0.381 e. The fourth-order valence-corrected chi connectivity index (χ4v) is 3.06. The molecule has 0 aromatic carbocycles. The van der Waals surface area contributed by atoms with Crippen molar-refractivity contribution >= 4 is 10.8 Å². The average Bonchev–Trinajstić information content (AvgIpc) is 2.76. The number of ether oxygens (including phenoxy) is 1. The van der Waals surface area contributed by atoms with Gasteiger partial charge in [-0.2, -0.15) is 0 Å². The summed E-state index contributed by atoms with van der Waals surface area (Å²) in [5, 5.41) is 3.78. The van der Waals surface area contributed by atoms with Gasteiger partial charge in [0.1, 0.15) is 0 Å². The third-order valence-corrected chi connectivity index (χ3v) is 4.80. The fraction of sp³-hybridized carbons (Fsp3) is 1.00. The Balaban J connectivity index is 2.45. The number of hydrogen-bond acceptors (Lipinski definition) is 3. The van der Waals surface area contributed by atoms with E-state index >= 15 is 0 Å². The second kappa shape index (κ2) is 7.41.